The van der Waals surface area contributed by atoms with Gasteiger partial charge in [0.05, 0.1) is 17.9 Å². The zero-order valence-electron chi connectivity index (χ0n) is 18.9. The van der Waals surface area contributed by atoms with Crippen molar-refractivity contribution in [2.24, 2.45) is 0 Å². The molecule has 8 heteroatoms. The van der Waals surface area contributed by atoms with E-state index in [9.17, 15) is 9.59 Å². The van der Waals surface area contributed by atoms with Gasteiger partial charge in [-0.25, -0.2) is 9.97 Å². The third-order valence-corrected chi connectivity index (χ3v) is 6.51. The molecule has 1 fully saturated rings. The third kappa shape index (κ3) is 4.63. The predicted octanol–water partition coefficient (Wildman–Crippen LogP) is 2.62. The van der Waals surface area contributed by atoms with Crippen LogP contribution in [0.25, 0.3) is 11.3 Å². The van der Waals surface area contributed by atoms with Crippen LogP contribution in [0.1, 0.15) is 57.3 Å². The number of hydrogen-bond acceptors (Lipinski definition) is 6. The average Bonchev–Trinajstić information content (AvgIpc) is 3.27. The molecular weight excluding hydrogens is 428 g/mol. The van der Waals surface area contributed by atoms with E-state index in [4.69, 9.17) is 5.73 Å². The zero-order chi connectivity index (χ0) is 23.5. The molecule has 1 unspecified atom stereocenters. The van der Waals surface area contributed by atoms with E-state index in [-0.39, 0.29) is 35.4 Å². The molecule has 1 aromatic heterocycles. The number of piperidine rings is 1. The van der Waals surface area contributed by atoms with Crippen molar-refractivity contribution in [2.45, 2.75) is 37.8 Å². The SMILES string of the molecule is Nc1ncc(-c2cccc(C(=O)N[C@H]3CCc4ccccc43)c2)nc1C(=O)NC1CCCNC1. The van der Waals surface area contributed by atoms with E-state index in [1.165, 1.54) is 17.3 Å². The summed E-state index contributed by atoms with van der Waals surface area (Å²) in [5.74, 6) is -0.400. The molecule has 5 N–H and O–H groups in total. The Hall–Kier alpha value is -3.78. The second-order valence-corrected chi connectivity index (χ2v) is 8.85. The van der Waals surface area contributed by atoms with Crippen LogP contribution in [0.3, 0.4) is 0 Å². The van der Waals surface area contributed by atoms with Gasteiger partial charge in [0, 0.05) is 23.7 Å². The van der Waals surface area contributed by atoms with E-state index < -0.39 is 0 Å². The second kappa shape index (κ2) is 9.61. The highest BCUT2D eigenvalue weighted by molar-refractivity contribution is 5.97. The minimum absolute atomic E-state index is 0.00764. The summed E-state index contributed by atoms with van der Waals surface area (Å²) < 4.78 is 0. The molecule has 5 rings (SSSR count). The van der Waals surface area contributed by atoms with Gasteiger partial charge in [0.2, 0.25) is 0 Å². The molecule has 3 aromatic rings. The first-order valence-electron chi connectivity index (χ1n) is 11.7. The van der Waals surface area contributed by atoms with E-state index in [2.05, 4.69) is 38.1 Å². The number of carbonyl (C=O) groups is 2. The molecule has 1 aliphatic heterocycles. The maximum Gasteiger partial charge on any atom is 0.274 e. The molecule has 174 valence electrons. The smallest absolute Gasteiger partial charge is 0.274 e. The minimum atomic E-state index is -0.339. The van der Waals surface area contributed by atoms with Crippen molar-refractivity contribution in [3.63, 3.8) is 0 Å². The van der Waals surface area contributed by atoms with Crippen LogP contribution in [0.5, 0.6) is 0 Å². The summed E-state index contributed by atoms with van der Waals surface area (Å²) in [6.07, 6.45) is 5.30. The molecular formula is C26H28N6O2. The normalized spacial score (nSPS) is 19.3. The van der Waals surface area contributed by atoms with E-state index >= 15 is 0 Å². The van der Waals surface area contributed by atoms with Crippen LogP contribution in [0.4, 0.5) is 5.82 Å². The first-order chi connectivity index (χ1) is 16.6. The van der Waals surface area contributed by atoms with Gasteiger partial charge in [0.25, 0.3) is 11.8 Å². The maximum atomic E-state index is 13.0. The average molecular weight is 457 g/mol. The quantitative estimate of drug-likeness (QED) is 0.468. The number of benzene rings is 2. The largest absolute Gasteiger partial charge is 0.382 e. The molecule has 2 aromatic carbocycles. The summed E-state index contributed by atoms with van der Waals surface area (Å²) in [4.78, 5) is 34.5. The highest BCUT2D eigenvalue weighted by Gasteiger charge is 2.24. The van der Waals surface area contributed by atoms with Gasteiger partial charge in [0.1, 0.15) is 0 Å². The number of aryl methyl sites for hydroxylation is 1. The number of carbonyl (C=O) groups excluding carboxylic acids is 2. The Morgan fingerprint density at radius 3 is 2.76 bits per heavy atom. The Morgan fingerprint density at radius 2 is 1.91 bits per heavy atom. The van der Waals surface area contributed by atoms with E-state index in [0.717, 1.165) is 38.8 Å². The monoisotopic (exact) mass is 456 g/mol. The number of amides is 2. The molecule has 0 bridgehead atoms. The first kappa shape index (κ1) is 22.0. The Labute approximate surface area is 198 Å². The van der Waals surface area contributed by atoms with Crippen LogP contribution in [0.2, 0.25) is 0 Å². The van der Waals surface area contributed by atoms with Crippen LogP contribution < -0.4 is 21.7 Å². The fourth-order valence-electron chi connectivity index (χ4n) is 4.70. The van der Waals surface area contributed by atoms with Gasteiger partial charge in [-0.1, -0.05) is 36.4 Å². The Kier molecular flexibility index (Phi) is 6.22. The van der Waals surface area contributed by atoms with E-state index in [1.54, 1.807) is 18.2 Å². The van der Waals surface area contributed by atoms with E-state index in [0.29, 0.717) is 16.8 Å². The Morgan fingerprint density at radius 1 is 1.03 bits per heavy atom. The summed E-state index contributed by atoms with van der Waals surface area (Å²) in [6.45, 7) is 1.68. The van der Waals surface area contributed by atoms with Crippen LogP contribution in [0.15, 0.2) is 54.7 Å². The zero-order valence-corrected chi connectivity index (χ0v) is 18.9. The van der Waals surface area contributed by atoms with Gasteiger partial charge in [-0.15, -0.1) is 0 Å². The summed E-state index contributed by atoms with van der Waals surface area (Å²) in [5, 5.41) is 9.41. The van der Waals surface area contributed by atoms with Crippen molar-refractivity contribution in [3.8, 4) is 11.3 Å². The number of nitrogens with two attached hydrogens (primary N) is 1. The summed E-state index contributed by atoms with van der Waals surface area (Å²) in [5.41, 5.74) is 10.2. The number of rotatable bonds is 5. The summed E-state index contributed by atoms with van der Waals surface area (Å²) >= 11 is 0. The number of nitrogens with one attached hydrogen (secondary N) is 3. The number of nitrogens with zero attached hydrogens (tertiary/aromatic N) is 2. The molecule has 0 spiro atoms. The fourth-order valence-corrected chi connectivity index (χ4v) is 4.70. The highest BCUT2D eigenvalue weighted by Crippen LogP contribution is 2.31. The van der Waals surface area contributed by atoms with Crippen molar-refractivity contribution in [1.82, 2.24) is 25.9 Å². The topological polar surface area (TPSA) is 122 Å². The lowest BCUT2D eigenvalue weighted by Gasteiger charge is -2.23. The number of nitrogen functional groups attached to an aromatic ring is 1. The minimum Gasteiger partial charge on any atom is -0.382 e. The predicted molar refractivity (Wildman–Crippen MR) is 130 cm³/mol. The molecule has 2 aliphatic rings. The van der Waals surface area contributed by atoms with Crippen LogP contribution in [-0.4, -0.2) is 40.9 Å². The van der Waals surface area contributed by atoms with Gasteiger partial charge in [-0.2, -0.15) is 0 Å². The highest BCUT2D eigenvalue weighted by atomic mass is 16.2. The Balaban J connectivity index is 1.33. The number of hydrogen-bond donors (Lipinski definition) is 4. The molecule has 1 aliphatic carbocycles. The van der Waals surface area contributed by atoms with Gasteiger partial charge in [-0.3, -0.25) is 9.59 Å². The molecule has 1 saturated heterocycles. The number of anilines is 1. The van der Waals surface area contributed by atoms with Gasteiger partial charge < -0.3 is 21.7 Å². The molecule has 2 atom stereocenters. The van der Waals surface area contributed by atoms with Gasteiger partial charge in [-0.05, 0) is 55.5 Å². The molecule has 2 heterocycles. The maximum absolute atomic E-state index is 13.0. The molecule has 2 amide bonds. The lowest BCUT2D eigenvalue weighted by atomic mass is 10.1. The van der Waals surface area contributed by atoms with Crippen LogP contribution in [-0.2, 0) is 6.42 Å². The second-order valence-electron chi connectivity index (χ2n) is 8.85. The van der Waals surface area contributed by atoms with Gasteiger partial charge in [0.15, 0.2) is 11.5 Å². The van der Waals surface area contributed by atoms with E-state index in [1.807, 2.05) is 18.2 Å². The molecule has 0 radical (unpaired) electrons. The van der Waals surface area contributed by atoms with Crippen molar-refractivity contribution in [2.75, 3.05) is 18.8 Å². The van der Waals surface area contributed by atoms with Crippen molar-refractivity contribution in [1.29, 1.82) is 0 Å². The van der Waals surface area contributed by atoms with Crippen molar-refractivity contribution < 1.29 is 9.59 Å². The standard InChI is InChI=1S/C26H28N6O2/c27-24-23(26(34)30-19-8-4-12-28-14-19)31-22(15-29-24)17-6-3-7-18(13-17)25(33)32-21-11-10-16-5-1-2-9-20(16)21/h1-3,5-7,9,13,15,19,21,28H,4,8,10-12,14H2,(H2,27,29)(H,30,34)(H,32,33)/t19?,21-/m0/s1. The molecule has 8 nitrogen and oxygen atoms in total. The summed E-state index contributed by atoms with van der Waals surface area (Å²) in [7, 11) is 0. The van der Waals surface area contributed by atoms with Crippen molar-refractivity contribution in [3.05, 3.63) is 77.1 Å². The van der Waals surface area contributed by atoms with Crippen molar-refractivity contribution >= 4 is 17.6 Å². The van der Waals surface area contributed by atoms with Crippen LogP contribution >= 0.6 is 0 Å². The number of fused-ring (bicyclic) bond motifs is 1. The van der Waals surface area contributed by atoms with Crippen LogP contribution in [0, 0.1) is 0 Å². The summed E-state index contributed by atoms with van der Waals surface area (Å²) in [6, 6.07) is 15.4. The van der Waals surface area contributed by atoms with Gasteiger partial charge >= 0.3 is 0 Å². The molecule has 0 saturated carbocycles. The lowest BCUT2D eigenvalue weighted by Crippen LogP contribution is -2.46. The first-order valence-corrected chi connectivity index (χ1v) is 11.7. The fraction of sp³-hybridized carbons (Fsp3) is 0.308. The molecule has 34 heavy (non-hydrogen) atoms. The third-order valence-electron chi connectivity index (χ3n) is 6.51. The number of aromatic nitrogens is 2. The lowest BCUT2D eigenvalue weighted by molar-refractivity contribution is 0.0921. The Bertz CT molecular complexity index is 1220.